The second kappa shape index (κ2) is 4.74. The molecule has 1 aliphatic rings. The van der Waals surface area contributed by atoms with E-state index in [1.807, 2.05) is 0 Å². The molecule has 7 heteroatoms. The van der Waals surface area contributed by atoms with E-state index >= 15 is 0 Å². The Bertz CT molecular complexity index is 551. The lowest BCUT2D eigenvalue weighted by atomic mass is 9.98. The first-order valence-electron chi connectivity index (χ1n) is 5.29. The summed E-state index contributed by atoms with van der Waals surface area (Å²) in [6, 6.07) is 1.61. The molecule has 2 nitrogen and oxygen atoms in total. The number of sulfone groups is 1. The van der Waals surface area contributed by atoms with E-state index in [0.717, 1.165) is 12.1 Å². The first-order valence-corrected chi connectivity index (χ1v) is 7.55. The van der Waals surface area contributed by atoms with E-state index < -0.39 is 38.6 Å². The van der Waals surface area contributed by atoms with Gasteiger partial charge in [-0.3, -0.25) is 0 Å². The summed E-state index contributed by atoms with van der Waals surface area (Å²) in [5.41, 5.74) is 0.0650. The monoisotopic (exact) mass is 298 g/mol. The van der Waals surface area contributed by atoms with Crippen LogP contribution in [-0.2, 0) is 9.84 Å². The normalized spacial score (nSPS) is 24.1. The minimum absolute atomic E-state index is 0.0209. The van der Waals surface area contributed by atoms with Crippen LogP contribution in [0.5, 0.6) is 0 Å². The third kappa shape index (κ3) is 2.64. The Morgan fingerprint density at radius 1 is 1.22 bits per heavy atom. The van der Waals surface area contributed by atoms with E-state index in [0.29, 0.717) is 6.42 Å². The number of hydrogen-bond acceptors (Lipinski definition) is 2. The van der Waals surface area contributed by atoms with Crippen molar-refractivity contribution in [3.63, 3.8) is 0 Å². The zero-order valence-electron chi connectivity index (χ0n) is 9.17. The smallest absolute Gasteiger partial charge is 0.194 e. The standard InChI is InChI=1S/C11H10ClF3O2S/c12-10(6-1-2-18(16,17)5-6)7-3-8(13)11(15)9(14)4-7/h3-4,6,10H,1-2,5H2. The van der Waals surface area contributed by atoms with Crippen molar-refractivity contribution in [3.05, 3.63) is 35.1 Å². The lowest BCUT2D eigenvalue weighted by Gasteiger charge is -2.16. The summed E-state index contributed by atoms with van der Waals surface area (Å²) >= 11 is 6.02. The molecule has 0 amide bonds. The van der Waals surface area contributed by atoms with Gasteiger partial charge in [-0.25, -0.2) is 21.6 Å². The van der Waals surface area contributed by atoms with Crippen LogP contribution in [0.2, 0.25) is 0 Å². The first kappa shape index (κ1) is 13.7. The predicted octanol–water partition coefficient (Wildman–Crippen LogP) is 2.82. The van der Waals surface area contributed by atoms with Gasteiger partial charge in [0.15, 0.2) is 27.3 Å². The van der Waals surface area contributed by atoms with Gasteiger partial charge in [0, 0.05) is 0 Å². The molecule has 1 aromatic carbocycles. The molecule has 0 spiro atoms. The van der Waals surface area contributed by atoms with Gasteiger partial charge in [-0.1, -0.05) is 0 Å². The Hall–Kier alpha value is -0.750. The molecule has 0 radical (unpaired) electrons. The Balaban J connectivity index is 2.27. The highest BCUT2D eigenvalue weighted by atomic mass is 35.5. The summed E-state index contributed by atoms with van der Waals surface area (Å²) < 4.78 is 61.5. The van der Waals surface area contributed by atoms with E-state index in [-0.39, 0.29) is 17.1 Å². The van der Waals surface area contributed by atoms with Gasteiger partial charge in [-0.05, 0) is 30.0 Å². The maximum Gasteiger partial charge on any atom is 0.194 e. The number of benzene rings is 1. The second-order valence-corrected chi connectivity index (χ2v) is 7.06. The maximum atomic E-state index is 13.0. The molecule has 1 saturated heterocycles. The Kier molecular flexibility index (Phi) is 3.60. The van der Waals surface area contributed by atoms with Gasteiger partial charge in [-0.15, -0.1) is 11.6 Å². The summed E-state index contributed by atoms with van der Waals surface area (Å²) in [6.07, 6.45) is 0.344. The quantitative estimate of drug-likeness (QED) is 0.621. The number of hydrogen-bond donors (Lipinski definition) is 0. The summed E-state index contributed by atoms with van der Waals surface area (Å²) in [5.74, 6) is -4.69. The van der Waals surface area contributed by atoms with Crippen molar-refractivity contribution in [3.8, 4) is 0 Å². The van der Waals surface area contributed by atoms with E-state index in [2.05, 4.69) is 0 Å². The Morgan fingerprint density at radius 2 is 1.78 bits per heavy atom. The summed E-state index contributed by atoms with van der Waals surface area (Å²) in [6.45, 7) is 0. The number of rotatable bonds is 2. The molecule has 0 bridgehead atoms. The van der Waals surface area contributed by atoms with Crippen LogP contribution in [0.3, 0.4) is 0 Å². The topological polar surface area (TPSA) is 34.1 Å². The summed E-state index contributed by atoms with van der Waals surface area (Å²) in [7, 11) is -3.12. The van der Waals surface area contributed by atoms with Crippen molar-refractivity contribution < 1.29 is 21.6 Å². The molecule has 0 aromatic heterocycles. The van der Waals surface area contributed by atoms with Crippen LogP contribution in [0.15, 0.2) is 12.1 Å². The molecule has 2 rings (SSSR count). The van der Waals surface area contributed by atoms with Crippen molar-refractivity contribution in [2.45, 2.75) is 11.8 Å². The average molecular weight is 299 g/mol. The average Bonchev–Trinajstić information content (AvgIpc) is 2.65. The van der Waals surface area contributed by atoms with Crippen LogP contribution in [0.25, 0.3) is 0 Å². The van der Waals surface area contributed by atoms with Crippen LogP contribution in [-0.4, -0.2) is 19.9 Å². The fraction of sp³-hybridized carbons (Fsp3) is 0.455. The van der Waals surface area contributed by atoms with E-state index in [4.69, 9.17) is 11.6 Å². The third-order valence-corrected chi connectivity index (χ3v) is 5.41. The molecule has 0 aliphatic carbocycles. The van der Waals surface area contributed by atoms with Crippen molar-refractivity contribution >= 4 is 21.4 Å². The molecule has 2 unspecified atom stereocenters. The SMILES string of the molecule is O=S1(=O)CCC(C(Cl)c2cc(F)c(F)c(F)c2)C1. The molecular weight excluding hydrogens is 289 g/mol. The van der Waals surface area contributed by atoms with Gasteiger partial charge in [0.2, 0.25) is 0 Å². The highest BCUT2D eigenvalue weighted by Crippen LogP contribution is 2.37. The summed E-state index contributed by atoms with van der Waals surface area (Å²) in [4.78, 5) is 0. The maximum absolute atomic E-state index is 13.0. The molecular formula is C11H10ClF3O2S. The van der Waals surface area contributed by atoms with Crippen molar-refractivity contribution in [1.29, 1.82) is 0 Å². The molecule has 0 saturated carbocycles. The van der Waals surface area contributed by atoms with Crippen molar-refractivity contribution in [1.82, 2.24) is 0 Å². The summed E-state index contributed by atoms with van der Waals surface area (Å²) in [5, 5.41) is -0.841. The zero-order chi connectivity index (χ0) is 13.5. The largest absolute Gasteiger partial charge is 0.229 e. The van der Waals surface area contributed by atoms with Gasteiger partial charge in [0.25, 0.3) is 0 Å². The molecule has 2 atom stereocenters. The Morgan fingerprint density at radius 3 is 2.22 bits per heavy atom. The van der Waals surface area contributed by atoms with Gasteiger partial charge in [0.1, 0.15) is 0 Å². The number of alkyl halides is 1. The fourth-order valence-electron chi connectivity index (χ4n) is 2.06. The van der Waals surface area contributed by atoms with Crippen molar-refractivity contribution in [2.75, 3.05) is 11.5 Å². The predicted molar refractivity (Wildman–Crippen MR) is 61.7 cm³/mol. The fourth-order valence-corrected chi connectivity index (χ4v) is 4.35. The lowest BCUT2D eigenvalue weighted by Crippen LogP contribution is -2.11. The van der Waals surface area contributed by atoms with Gasteiger partial charge >= 0.3 is 0 Å². The second-order valence-electron chi connectivity index (χ2n) is 4.36. The van der Waals surface area contributed by atoms with E-state index in [1.54, 1.807) is 0 Å². The molecule has 100 valence electrons. The Labute approximate surface area is 108 Å². The molecule has 1 aliphatic heterocycles. The first-order chi connectivity index (χ1) is 8.30. The highest BCUT2D eigenvalue weighted by molar-refractivity contribution is 7.91. The van der Waals surface area contributed by atoms with Gasteiger partial charge < -0.3 is 0 Å². The molecule has 1 heterocycles. The molecule has 18 heavy (non-hydrogen) atoms. The minimum atomic E-state index is -3.12. The lowest BCUT2D eigenvalue weighted by molar-refractivity contribution is 0.442. The molecule has 1 aromatic rings. The third-order valence-electron chi connectivity index (χ3n) is 3.01. The molecule has 0 N–H and O–H groups in total. The van der Waals surface area contributed by atoms with E-state index in [1.165, 1.54) is 0 Å². The van der Waals surface area contributed by atoms with Crippen molar-refractivity contribution in [2.24, 2.45) is 5.92 Å². The van der Waals surface area contributed by atoms with E-state index in [9.17, 15) is 21.6 Å². The van der Waals surface area contributed by atoms with Gasteiger partial charge in [0.05, 0.1) is 16.9 Å². The number of halogens is 4. The minimum Gasteiger partial charge on any atom is -0.229 e. The van der Waals surface area contributed by atoms with Crippen LogP contribution in [0.1, 0.15) is 17.4 Å². The van der Waals surface area contributed by atoms with Crippen LogP contribution >= 0.6 is 11.6 Å². The van der Waals surface area contributed by atoms with Crippen LogP contribution in [0.4, 0.5) is 13.2 Å². The van der Waals surface area contributed by atoms with Crippen LogP contribution < -0.4 is 0 Å². The zero-order valence-corrected chi connectivity index (χ0v) is 10.7. The highest BCUT2D eigenvalue weighted by Gasteiger charge is 2.34. The molecule has 1 fully saturated rings. The van der Waals surface area contributed by atoms with Gasteiger partial charge in [-0.2, -0.15) is 0 Å². The van der Waals surface area contributed by atoms with Crippen LogP contribution in [0, 0.1) is 23.4 Å².